The average molecular weight is 431 g/mol. The summed E-state index contributed by atoms with van der Waals surface area (Å²) < 4.78 is 0. The first-order valence-corrected chi connectivity index (χ1v) is 10.7. The predicted octanol–water partition coefficient (Wildman–Crippen LogP) is 0.675. The van der Waals surface area contributed by atoms with Gasteiger partial charge in [-0.05, 0) is 63.2 Å². The molecule has 2 bridgehead atoms. The number of hydrogen-bond donors (Lipinski definition) is 5. The van der Waals surface area contributed by atoms with Gasteiger partial charge in [0.15, 0.2) is 0 Å². The number of primary amides is 1. The quantitative estimate of drug-likeness (QED) is 0.441. The summed E-state index contributed by atoms with van der Waals surface area (Å²) in [6.45, 7) is 0.824. The lowest BCUT2D eigenvalue weighted by molar-refractivity contribution is -0.146. The summed E-state index contributed by atoms with van der Waals surface area (Å²) in [5.41, 5.74) is 6.96. The molecule has 0 spiro atoms. The first kappa shape index (κ1) is 21.6. The number of amides is 1. The third kappa shape index (κ3) is 3.55. The molecular weight excluding hydrogens is 402 g/mol. The predicted molar refractivity (Wildman–Crippen MR) is 111 cm³/mol. The van der Waals surface area contributed by atoms with Gasteiger partial charge in [-0.15, -0.1) is 0 Å². The summed E-state index contributed by atoms with van der Waals surface area (Å²) in [6, 6.07) is 2.38. The van der Waals surface area contributed by atoms with Gasteiger partial charge in [-0.2, -0.15) is 0 Å². The van der Waals surface area contributed by atoms with Crippen LogP contribution in [0.5, 0.6) is 5.75 Å². The second-order valence-electron chi connectivity index (χ2n) is 9.26. The van der Waals surface area contributed by atoms with Gasteiger partial charge < -0.3 is 31.3 Å². The molecule has 9 nitrogen and oxygen atoms in total. The number of rotatable bonds is 6. The van der Waals surface area contributed by atoms with E-state index in [1.54, 1.807) is 6.07 Å². The molecule has 4 rings (SSSR count). The van der Waals surface area contributed by atoms with E-state index in [2.05, 4.69) is 17.3 Å². The second-order valence-corrected chi connectivity index (χ2v) is 9.26. The lowest BCUT2D eigenvalue weighted by Gasteiger charge is -2.60. The van der Waals surface area contributed by atoms with Gasteiger partial charge in [0.2, 0.25) is 0 Å². The summed E-state index contributed by atoms with van der Waals surface area (Å²) in [7, 11) is 2.11. The molecule has 3 aliphatic rings. The van der Waals surface area contributed by atoms with E-state index in [0.717, 1.165) is 43.4 Å². The number of aromatic hydroxyl groups is 1. The van der Waals surface area contributed by atoms with E-state index in [-0.39, 0.29) is 23.3 Å². The molecule has 31 heavy (non-hydrogen) atoms. The van der Waals surface area contributed by atoms with Gasteiger partial charge in [0, 0.05) is 23.1 Å². The summed E-state index contributed by atoms with van der Waals surface area (Å²) in [6.07, 6.45) is 3.18. The average Bonchev–Trinajstić information content (AvgIpc) is 2.69. The number of phenols is 1. The highest BCUT2D eigenvalue weighted by atomic mass is 16.4. The number of benzene rings is 1. The van der Waals surface area contributed by atoms with Crippen molar-refractivity contribution in [1.29, 1.82) is 0 Å². The number of likely N-dealkylation sites (N-methyl/N-ethyl adjacent to an activating group) is 1. The number of hydrogen-bond acceptors (Lipinski definition) is 6. The van der Waals surface area contributed by atoms with Crippen molar-refractivity contribution in [2.45, 2.75) is 62.1 Å². The van der Waals surface area contributed by atoms with Crippen LogP contribution in [0.25, 0.3) is 0 Å². The van der Waals surface area contributed by atoms with E-state index < -0.39 is 35.7 Å². The number of carboxylic acid groups (broad SMARTS) is 2. The van der Waals surface area contributed by atoms with Crippen LogP contribution in [0.4, 0.5) is 0 Å². The molecule has 168 valence electrons. The van der Waals surface area contributed by atoms with Gasteiger partial charge in [-0.1, -0.05) is 6.07 Å². The highest BCUT2D eigenvalue weighted by Gasteiger charge is 2.56. The monoisotopic (exact) mass is 431 g/mol. The summed E-state index contributed by atoms with van der Waals surface area (Å²) >= 11 is 0. The third-order valence-electron chi connectivity index (χ3n) is 7.66. The van der Waals surface area contributed by atoms with Crippen molar-refractivity contribution in [1.82, 2.24) is 10.2 Å². The third-order valence-corrected chi connectivity index (χ3v) is 7.66. The molecule has 1 aliphatic heterocycles. The zero-order valence-electron chi connectivity index (χ0n) is 17.5. The van der Waals surface area contributed by atoms with E-state index >= 15 is 0 Å². The van der Waals surface area contributed by atoms with Crippen LogP contribution in [-0.2, 0) is 21.4 Å². The van der Waals surface area contributed by atoms with Crippen LogP contribution in [0.3, 0.4) is 0 Å². The maximum Gasteiger partial charge on any atom is 0.321 e. The number of carbonyl (C=O) groups excluding carboxylic acids is 1. The lowest BCUT2D eigenvalue weighted by atomic mass is 9.51. The molecule has 1 amide bonds. The summed E-state index contributed by atoms with van der Waals surface area (Å²) in [5, 5.41) is 32.7. The Balaban J connectivity index is 1.74. The van der Waals surface area contributed by atoms with Crippen molar-refractivity contribution in [3.63, 3.8) is 0 Å². The zero-order chi connectivity index (χ0) is 22.5. The number of piperidine rings is 1. The van der Waals surface area contributed by atoms with E-state index in [1.807, 2.05) is 6.07 Å². The van der Waals surface area contributed by atoms with Crippen LogP contribution >= 0.6 is 0 Å². The van der Waals surface area contributed by atoms with Crippen molar-refractivity contribution in [2.75, 3.05) is 13.6 Å². The lowest BCUT2D eigenvalue weighted by Crippen LogP contribution is -2.63. The number of nitrogens with two attached hydrogens (primary N) is 1. The van der Waals surface area contributed by atoms with Crippen molar-refractivity contribution in [2.24, 2.45) is 11.7 Å². The van der Waals surface area contributed by atoms with E-state index in [9.17, 15) is 24.6 Å². The van der Waals surface area contributed by atoms with Gasteiger partial charge in [0.25, 0.3) is 5.91 Å². The smallest absolute Gasteiger partial charge is 0.321 e. The molecule has 1 aromatic carbocycles. The fraction of sp³-hybridized carbons (Fsp3) is 0.591. The standard InChI is InChI=1S/C22H29N3O6/c1-25-7-6-22-10-12(24-15(21(30)31)9-17(26)27)3-5-14(22)16(25)8-11-2-4-13(20(23)29)19(28)18(11)22/h2,4,12,14-16,24,28H,3,5-10H2,1H3,(H2,23,29)(H,26,27)(H,30,31)/t12-,14?,15?,16+,22-/m1/s1. The Morgan fingerprint density at radius 3 is 2.68 bits per heavy atom. The zero-order valence-corrected chi connectivity index (χ0v) is 17.5. The maximum absolute atomic E-state index is 11.9. The minimum absolute atomic E-state index is 0.0565. The Kier molecular flexibility index (Phi) is 5.43. The van der Waals surface area contributed by atoms with Gasteiger partial charge in [-0.25, -0.2) is 0 Å². The number of likely N-dealkylation sites (tertiary alicyclic amines) is 1. The Morgan fingerprint density at radius 2 is 2.03 bits per heavy atom. The number of fused-ring (bicyclic) bond motifs is 1. The second kappa shape index (κ2) is 7.80. The fourth-order valence-electron chi connectivity index (χ4n) is 6.36. The van der Waals surface area contributed by atoms with Crippen LogP contribution < -0.4 is 11.1 Å². The molecule has 1 aromatic rings. The van der Waals surface area contributed by atoms with Gasteiger partial charge in [0.1, 0.15) is 11.8 Å². The van der Waals surface area contributed by atoms with Crippen molar-refractivity contribution >= 4 is 17.8 Å². The molecule has 0 aromatic heterocycles. The molecule has 9 heteroatoms. The molecule has 1 saturated heterocycles. The van der Waals surface area contributed by atoms with Crippen LogP contribution in [0.15, 0.2) is 12.1 Å². The molecule has 1 heterocycles. The highest BCUT2D eigenvalue weighted by molar-refractivity contribution is 5.96. The molecule has 2 fully saturated rings. The Morgan fingerprint density at radius 1 is 1.29 bits per heavy atom. The minimum Gasteiger partial charge on any atom is -0.507 e. The maximum atomic E-state index is 11.9. The molecule has 5 atom stereocenters. The van der Waals surface area contributed by atoms with E-state index in [0.29, 0.717) is 12.5 Å². The normalized spacial score (nSPS) is 30.7. The molecule has 6 N–H and O–H groups in total. The Bertz CT molecular complexity index is 934. The van der Waals surface area contributed by atoms with Gasteiger partial charge in [-0.3, -0.25) is 14.4 Å². The van der Waals surface area contributed by atoms with Crippen LogP contribution in [0.1, 0.15) is 53.6 Å². The highest BCUT2D eigenvalue weighted by Crippen LogP contribution is 2.58. The molecule has 1 saturated carbocycles. The fourth-order valence-corrected chi connectivity index (χ4v) is 6.36. The summed E-state index contributed by atoms with van der Waals surface area (Å²) in [4.78, 5) is 37.0. The topological polar surface area (TPSA) is 153 Å². The Hall–Kier alpha value is -2.65. The molecule has 2 aliphatic carbocycles. The van der Waals surface area contributed by atoms with Crippen LogP contribution in [-0.4, -0.2) is 69.8 Å². The van der Waals surface area contributed by atoms with Crippen molar-refractivity contribution in [3.8, 4) is 5.75 Å². The van der Waals surface area contributed by atoms with Gasteiger partial charge >= 0.3 is 11.9 Å². The first-order chi connectivity index (χ1) is 14.6. The first-order valence-electron chi connectivity index (χ1n) is 10.7. The van der Waals surface area contributed by atoms with Crippen molar-refractivity contribution in [3.05, 3.63) is 28.8 Å². The van der Waals surface area contributed by atoms with Crippen molar-refractivity contribution < 1.29 is 29.7 Å². The van der Waals surface area contributed by atoms with E-state index in [1.165, 1.54) is 0 Å². The molecule has 0 radical (unpaired) electrons. The van der Waals surface area contributed by atoms with E-state index in [4.69, 9.17) is 10.8 Å². The molecular formula is C22H29N3O6. The number of carbonyl (C=O) groups is 3. The van der Waals surface area contributed by atoms with Crippen LogP contribution in [0, 0.1) is 5.92 Å². The molecule has 2 unspecified atom stereocenters. The number of carboxylic acids is 2. The largest absolute Gasteiger partial charge is 0.507 e. The number of nitrogens with zero attached hydrogens (tertiary/aromatic N) is 1. The SMILES string of the molecule is CN1CC[C@@]23C[C@H](NC(CC(=O)O)C(=O)O)CCC2[C@@H]1Cc1ccc(C(N)=O)c(O)c13. The number of aliphatic carboxylic acids is 2. The summed E-state index contributed by atoms with van der Waals surface area (Å²) in [5.74, 6) is -2.84. The number of nitrogens with one attached hydrogen (secondary N) is 1. The van der Waals surface area contributed by atoms with Gasteiger partial charge in [0.05, 0.1) is 12.0 Å². The van der Waals surface area contributed by atoms with Crippen LogP contribution in [0.2, 0.25) is 0 Å². The Labute approximate surface area is 180 Å². The minimum atomic E-state index is -1.19.